The van der Waals surface area contributed by atoms with Crippen LogP contribution in [0.1, 0.15) is 97.1 Å². The zero-order chi connectivity index (χ0) is 42.8. The molecule has 0 saturated carbocycles. The molecule has 0 aromatic carbocycles. The number of ether oxygens (including phenoxy) is 1. The summed E-state index contributed by atoms with van der Waals surface area (Å²) >= 11 is 0. The smallest absolute Gasteiger partial charge is 0.326 e. The fraction of sp³-hybridized carbons (Fsp3) is 0.639. The highest BCUT2D eigenvalue weighted by Gasteiger charge is 2.32. The van der Waals surface area contributed by atoms with E-state index >= 15 is 0 Å². The number of imidazole rings is 2. The Hall–Kier alpha value is -5.57. The Morgan fingerprint density at radius 1 is 0.754 bits per heavy atom. The molecule has 1 unspecified atom stereocenters. The lowest BCUT2D eigenvalue weighted by molar-refractivity contribution is -0.141. The van der Waals surface area contributed by atoms with Gasteiger partial charge < -0.3 is 55.4 Å². The highest BCUT2D eigenvalue weighted by atomic mass is 16.5. The number of carboxylic acids is 5. The average Bonchev–Trinajstić information content (AvgIpc) is 3.75. The van der Waals surface area contributed by atoms with Gasteiger partial charge in [-0.3, -0.25) is 24.1 Å². The molecule has 0 aliphatic rings. The summed E-state index contributed by atoms with van der Waals surface area (Å²) in [5.74, 6) is -5.30. The highest BCUT2D eigenvalue weighted by Crippen LogP contribution is 2.27. The average molecular weight is 809 g/mol. The van der Waals surface area contributed by atoms with Gasteiger partial charge in [-0.15, -0.1) is 0 Å². The van der Waals surface area contributed by atoms with E-state index in [9.17, 15) is 54.0 Å². The van der Waals surface area contributed by atoms with Gasteiger partial charge in [0.1, 0.15) is 36.8 Å². The Bertz CT molecular complexity index is 1620. The van der Waals surface area contributed by atoms with E-state index in [4.69, 9.17) is 9.84 Å². The fourth-order valence-electron chi connectivity index (χ4n) is 5.75. The zero-order valence-corrected chi connectivity index (χ0v) is 32.8. The SMILES string of the molecule is CCC(C)(CCC(=O)NCCCC[C@H](NC(=O)N[C@@H](CCC(=O)O)C(=O)O)C(=O)O)OCCC(C)(C)N(Cc1nccn1CC(=O)O)Cc1nccn1CC(=O)O. The molecule has 2 rings (SSSR count). The highest BCUT2D eigenvalue weighted by molar-refractivity contribution is 5.86. The van der Waals surface area contributed by atoms with Gasteiger partial charge in [0, 0.05) is 56.3 Å². The first-order valence-corrected chi connectivity index (χ1v) is 18.6. The maximum absolute atomic E-state index is 12.7. The van der Waals surface area contributed by atoms with Crippen molar-refractivity contribution in [3.63, 3.8) is 0 Å². The second kappa shape index (κ2) is 22.9. The van der Waals surface area contributed by atoms with E-state index < -0.39 is 65.5 Å². The number of unbranched alkanes of at least 4 members (excludes halogenated alkanes) is 1. The maximum atomic E-state index is 12.7. The van der Waals surface area contributed by atoms with Crippen LogP contribution in [0.4, 0.5) is 4.79 Å². The van der Waals surface area contributed by atoms with E-state index in [0.29, 0.717) is 50.4 Å². The molecule has 0 bridgehead atoms. The van der Waals surface area contributed by atoms with Crippen molar-refractivity contribution in [1.29, 1.82) is 0 Å². The lowest BCUT2D eigenvalue weighted by Crippen LogP contribution is -2.51. The zero-order valence-electron chi connectivity index (χ0n) is 32.8. The monoisotopic (exact) mass is 808 g/mol. The van der Waals surface area contributed by atoms with Crippen molar-refractivity contribution in [2.45, 2.75) is 135 Å². The molecule has 0 aliphatic carbocycles. The molecule has 57 heavy (non-hydrogen) atoms. The standard InChI is InChI=1S/C36H56N8O13/c1-5-36(4,12-11-28(45)39-14-7-6-8-24(32(52)53)40-34(56)41-25(33(54)55)9-10-29(46)47)57-19-13-35(2,3)44(20-26-37-15-17-42(26)22-30(48)49)21-27-38-16-18-43(27)23-31(50)51/h15-18,24-25H,5-14,19-23H2,1-4H3,(H,39,45)(H,46,47)(H,48,49)(H,50,51)(H,52,53)(H,54,55)(H2,40,41,56)/t24-,25-,36?/m0/s1. The molecule has 21 heteroatoms. The van der Waals surface area contributed by atoms with Crippen molar-refractivity contribution in [2.24, 2.45) is 0 Å². The molecule has 2 aromatic rings. The Morgan fingerprint density at radius 3 is 1.75 bits per heavy atom. The number of carbonyl (C=O) groups excluding carboxylic acids is 2. The van der Waals surface area contributed by atoms with Gasteiger partial charge >= 0.3 is 35.9 Å². The first-order chi connectivity index (χ1) is 26.7. The Kier molecular flexibility index (Phi) is 19.1. The molecule has 2 heterocycles. The normalized spacial score (nSPS) is 13.6. The second-order valence-electron chi connectivity index (χ2n) is 14.5. The van der Waals surface area contributed by atoms with Gasteiger partial charge in [0.25, 0.3) is 0 Å². The molecule has 3 amide bonds. The predicted molar refractivity (Wildman–Crippen MR) is 200 cm³/mol. The maximum Gasteiger partial charge on any atom is 0.326 e. The second-order valence-corrected chi connectivity index (χ2v) is 14.5. The Morgan fingerprint density at radius 2 is 1.28 bits per heavy atom. The number of nitrogens with zero attached hydrogens (tertiary/aromatic N) is 5. The topological polar surface area (TPSA) is 305 Å². The van der Waals surface area contributed by atoms with Crippen LogP contribution in [0.3, 0.4) is 0 Å². The first kappa shape index (κ1) is 47.6. The minimum Gasteiger partial charge on any atom is -0.481 e. The number of urea groups is 1. The van der Waals surface area contributed by atoms with Crippen molar-refractivity contribution in [2.75, 3.05) is 13.2 Å². The predicted octanol–water partition coefficient (Wildman–Crippen LogP) is 1.74. The Labute approximate surface area is 329 Å². The summed E-state index contributed by atoms with van der Waals surface area (Å²) in [6, 6.07) is -3.91. The number of hydrogen-bond donors (Lipinski definition) is 8. The van der Waals surface area contributed by atoms with Crippen LogP contribution in [0.15, 0.2) is 24.8 Å². The number of carbonyl (C=O) groups is 7. The fourth-order valence-corrected chi connectivity index (χ4v) is 5.75. The molecule has 8 N–H and O–H groups in total. The minimum absolute atomic E-state index is 0.00179. The molecule has 21 nitrogen and oxygen atoms in total. The van der Waals surface area contributed by atoms with Crippen molar-refractivity contribution < 1.29 is 63.8 Å². The third-order valence-electron chi connectivity index (χ3n) is 9.62. The van der Waals surface area contributed by atoms with Crippen LogP contribution >= 0.6 is 0 Å². The number of nitrogens with one attached hydrogen (secondary N) is 3. The summed E-state index contributed by atoms with van der Waals surface area (Å²) < 4.78 is 9.43. The van der Waals surface area contributed by atoms with Crippen molar-refractivity contribution in [3.05, 3.63) is 36.4 Å². The summed E-state index contributed by atoms with van der Waals surface area (Å²) in [6.45, 7) is 8.33. The molecule has 0 radical (unpaired) electrons. The number of amides is 3. The molecule has 0 fully saturated rings. The summed E-state index contributed by atoms with van der Waals surface area (Å²) in [7, 11) is 0. The number of hydrogen-bond acceptors (Lipinski definition) is 11. The van der Waals surface area contributed by atoms with Gasteiger partial charge in [0.15, 0.2) is 0 Å². The molecule has 0 aliphatic heterocycles. The molecular formula is C36H56N8O13. The van der Waals surface area contributed by atoms with Crippen LogP contribution < -0.4 is 16.0 Å². The minimum atomic E-state index is -1.51. The van der Waals surface area contributed by atoms with Crippen LogP contribution in [0, 0.1) is 0 Å². The van der Waals surface area contributed by atoms with Crippen LogP contribution in [-0.4, -0.2) is 128 Å². The summed E-state index contributed by atoms with van der Waals surface area (Å²) in [5, 5.41) is 53.3. The summed E-state index contributed by atoms with van der Waals surface area (Å²) in [6.07, 6.45) is 7.71. The third-order valence-corrected chi connectivity index (χ3v) is 9.62. The van der Waals surface area contributed by atoms with Crippen LogP contribution in [0.2, 0.25) is 0 Å². The third kappa shape index (κ3) is 17.4. The van der Waals surface area contributed by atoms with Gasteiger partial charge in [-0.1, -0.05) is 6.92 Å². The lowest BCUT2D eigenvalue weighted by Gasteiger charge is -2.39. The molecule has 318 valence electrons. The van der Waals surface area contributed by atoms with Gasteiger partial charge in [-0.25, -0.2) is 24.4 Å². The first-order valence-electron chi connectivity index (χ1n) is 18.6. The van der Waals surface area contributed by atoms with E-state index in [1.165, 1.54) is 21.5 Å². The van der Waals surface area contributed by atoms with E-state index in [2.05, 4.69) is 25.9 Å². The van der Waals surface area contributed by atoms with Gasteiger partial charge in [0.05, 0.1) is 18.7 Å². The quantitative estimate of drug-likeness (QED) is 0.0543. The van der Waals surface area contributed by atoms with Crippen LogP contribution in [0.5, 0.6) is 0 Å². The van der Waals surface area contributed by atoms with E-state index in [0.717, 1.165) is 0 Å². The van der Waals surface area contributed by atoms with Crippen molar-refractivity contribution in [1.82, 2.24) is 40.0 Å². The number of aliphatic carboxylic acids is 5. The molecule has 3 atom stereocenters. The van der Waals surface area contributed by atoms with Crippen LogP contribution in [0.25, 0.3) is 0 Å². The number of rotatable bonds is 29. The molecule has 0 saturated heterocycles. The van der Waals surface area contributed by atoms with Crippen molar-refractivity contribution >= 4 is 41.8 Å². The van der Waals surface area contributed by atoms with Gasteiger partial charge in [-0.05, 0) is 65.7 Å². The lowest BCUT2D eigenvalue weighted by atomic mass is 9.95. The molecular weight excluding hydrogens is 752 g/mol. The number of aromatic nitrogens is 4. The molecule has 2 aromatic heterocycles. The van der Waals surface area contributed by atoms with E-state index in [-0.39, 0.29) is 57.9 Å². The van der Waals surface area contributed by atoms with Gasteiger partial charge in [0.2, 0.25) is 5.91 Å². The van der Waals surface area contributed by atoms with E-state index in [1.54, 1.807) is 12.4 Å². The molecule has 0 spiro atoms. The number of carboxylic acid groups (broad SMARTS) is 5. The van der Waals surface area contributed by atoms with Gasteiger partial charge in [-0.2, -0.15) is 0 Å². The largest absolute Gasteiger partial charge is 0.481 e. The summed E-state index contributed by atoms with van der Waals surface area (Å²) in [4.78, 5) is 92.3. The van der Waals surface area contributed by atoms with Crippen molar-refractivity contribution in [3.8, 4) is 0 Å². The van der Waals surface area contributed by atoms with Crippen LogP contribution in [-0.2, 0) is 59.7 Å². The Balaban J connectivity index is 1.90. The van der Waals surface area contributed by atoms with E-state index in [1.807, 2.05) is 32.6 Å². The summed E-state index contributed by atoms with van der Waals surface area (Å²) in [5.41, 5.74) is -1.23.